The van der Waals surface area contributed by atoms with Crippen molar-refractivity contribution >= 4 is 9.84 Å². The number of hydrogen-bond donors (Lipinski definition) is 1. The molecule has 0 amide bonds. The van der Waals surface area contributed by atoms with E-state index in [9.17, 15) is 8.42 Å². The number of nitrogens with one attached hydrogen (secondary N) is 1. The Balaban J connectivity index is 1.83. The summed E-state index contributed by atoms with van der Waals surface area (Å²) in [6, 6.07) is 4.27. The van der Waals surface area contributed by atoms with E-state index in [0.29, 0.717) is 30.7 Å². The Morgan fingerprint density at radius 2 is 2.00 bits per heavy atom. The maximum absolute atomic E-state index is 11.9. The quantitative estimate of drug-likeness (QED) is 0.797. The molecular weight excluding hydrogens is 262 g/mol. The highest BCUT2D eigenvalue weighted by molar-refractivity contribution is 7.90. The summed E-state index contributed by atoms with van der Waals surface area (Å²) >= 11 is 0. The number of furan rings is 1. The summed E-state index contributed by atoms with van der Waals surface area (Å²) in [5, 5.41) is 3.35. The molecule has 2 rings (SSSR count). The van der Waals surface area contributed by atoms with Crippen molar-refractivity contribution in [1.29, 1.82) is 0 Å². The van der Waals surface area contributed by atoms with Crippen molar-refractivity contribution in [3.63, 3.8) is 0 Å². The highest BCUT2D eigenvalue weighted by Crippen LogP contribution is 2.20. The van der Waals surface area contributed by atoms with Crippen LogP contribution in [-0.2, 0) is 22.1 Å². The molecule has 0 saturated heterocycles. The van der Waals surface area contributed by atoms with E-state index in [4.69, 9.17) is 4.42 Å². The summed E-state index contributed by atoms with van der Waals surface area (Å²) in [4.78, 5) is 0. The van der Waals surface area contributed by atoms with E-state index in [2.05, 4.69) is 5.32 Å². The second-order valence-electron chi connectivity index (χ2n) is 5.80. The van der Waals surface area contributed by atoms with Crippen LogP contribution in [0.5, 0.6) is 0 Å². The van der Waals surface area contributed by atoms with Crippen LogP contribution in [0.4, 0.5) is 0 Å². The lowest BCUT2D eigenvalue weighted by Crippen LogP contribution is -2.14. The lowest BCUT2D eigenvalue weighted by atomic mass is 10.2. The van der Waals surface area contributed by atoms with E-state index in [1.54, 1.807) is 6.07 Å². The topological polar surface area (TPSA) is 59.3 Å². The zero-order valence-corrected chi connectivity index (χ0v) is 12.5. The Morgan fingerprint density at radius 3 is 2.63 bits per heavy atom. The van der Waals surface area contributed by atoms with Gasteiger partial charge >= 0.3 is 0 Å². The van der Waals surface area contributed by atoms with Crippen LogP contribution >= 0.6 is 0 Å². The van der Waals surface area contributed by atoms with E-state index in [-0.39, 0.29) is 11.5 Å². The van der Waals surface area contributed by atoms with Gasteiger partial charge in [-0.05, 0) is 37.3 Å². The van der Waals surface area contributed by atoms with Crippen molar-refractivity contribution in [3.8, 4) is 0 Å². The van der Waals surface area contributed by atoms with Crippen LogP contribution in [0, 0.1) is 5.92 Å². The van der Waals surface area contributed by atoms with Gasteiger partial charge in [-0.15, -0.1) is 0 Å². The molecule has 1 fully saturated rings. The first-order chi connectivity index (χ1) is 8.94. The molecule has 1 aliphatic rings. The molecule has 19 heavy (non-hydrogen) atoms. The summed E-state index contributed by atoms with van der Waals surface area (Å²) in [5.74, 6) is 2.03. The molecule has 4 nitrogen and oxygen atoms in total. The monoisotopic (exact) mass is 285 g/mol. The molecule has 1 heterocycles. The molecule has 1 saturated carbocycles. The molecule has 5 heteroatoms. The van der Waals surface area contributed by atoms with Crippen molar-refractivity contribution in [3.05, 3.63) is 23.7 Å². The number of hydrogen-bond acceptors (Lipinski definition) is 4. The van der Waals surface area contributed by atoms with Crippen LogP contribution in [-0.4, -0.2) is 20.2 Å². The SMILES string of the molecule is CC(C)CCS(=O)(=O)Cc1ccc(CNC2CC2)o1. The van der Waals surface area contributed by atoms with Crippen LogP contribution in [0.3, 0.4) is 0 Å². The van der Waals surface area contributed by atoms with Gasteiger partial charge in [-0.3, -0.25) is 0 Å². The standard InChI is InChI=1S/C14H23NO3S/c1-11(2)7-8-19(16,17)10-14-6-5-13(18-14)9-15-12-3-4-12/h5-6,11-12,15H,3-4,7-10H2,1-2H3. The second-order valence-corrected chi connectivity index (χ2v) is 7.98. The molecule has 1 aromatic heterocycles. The Bertz CT molecular complexity index is 501. The summed E-state index contributed by atoms with van der Waals surface area (Å²) < 4.78 is 29.4. The van der Waals surface area contributed by atoms with Gasteiger partial charge in [0.1, 0.15) is 17.3 Å². The van der Waals surface area contributed by atoms with Gasteiger partial charge in [0.05, 0.1) is 12.3 Å². The Kier molecular flexibility index (Phi) is 4.68. The smallest absolute Gasteiger partial charge is 0.157 e. The van der Waals surface area contributed by atoms with E-state index in [0.717, 1.165) is 5.76 Å². The summed E-state index contributed by atoms with van der Waals surface area (Å²) in [6.45, 7) is 4.75. The maximum Gasteiger partial charge on any atom is 0.157 e. The van der Waals surface area contributed by atoms with Crippen molar-refractivity contribution in [1.82, 2.24) is 5.32 Å². The second kappa shape index (κ2) is 6.09. The molecule has 1 aliphatic carbocycles. The van der Waals surface area contributed by atoms with Crippen molar-refractivity contribution in [2.75, 3.05) is 5.75 Å². The average Bonchev–Trinajstić information content (AvgIpc) is 3.05. The van der Waals surface area contributed by atoms with Crippen LogP contribution < -0.4 is 5.32 Å². The van der Waals surface area contributed by atoms with E-state index in [1.165, 1.54) is 12.8 Å². The van der Waals surface area contributed by atoms with Crippen molar-refractivity contribution in [2.45, 2.75) is 51.4 Å². The average molecular weight is 285 g/mol. The lowest BCUT2D eigenvalue weighted by molar-refractivity contribution is 0.455. The Hall–Kier alpha value is -0.810. The third-order valence-electron chi connectivity index (χ3n) is 3.23. The van der Waals surface area contributed by atoms with Gasteiger partial charge in [0, 0.05) is 6.04 Å². The molecule has 1 aromatic rings. The highest BCUT2D eigenvalue weighted by atomic mass is 32.2. The predicted octanol–water partition coefficient (Wildman–Crippen LogP) is 2.49. The van der Waals surface area contributed by atoms with Crippen LogP contribution in [0.15, 0.2) is 16.5 Å². The highest BCUT2D eigenvalue weighted by Gasteiger charge is 2.21. The first kappa shape index (κ1) is 14.6. The summed E-state index contributed by atoms with van der Waals surface area (Å²) in [6.07, 6.45) is 3.17. The largest absolute Gasteiger partial charge is 0.464 e. The van der Waals surface area contributed by atoms with Crippen LogP contribution in [0.2, 0.25) is 0 Å². The van der Waals surface area contributed by atoms with E-state index in [1.807, 2.05) is 19.9 Å². The van der Waals surface area contributed by atoms with Gasteiger partial charge in [0.2, 0.25) is 0 Å². The van der Waals surface area contributed by atoms with Crippen molar-refractivity contribution in [2.24, 2.45) is 5.92 Å². The normalized spacial score (nSPS) is 16.2. The summed E-state index contributed by atoms with van der Waals surface area (Å²) in [7, 11) is -3.05. The van der Waals surface area contributed by atoms with Gasteiger partial charge < -0.3 is 9.73 Å². The van der Waals surface area contributed by atoms with E-state index < -0.39 is 9.84 Å². The van der Waals surface area contributed by atoms with Gasteiger partial charge in [-0.1, -0.05) is 13.8 Å². The molecule has 1 N–H and O–H groups in total. The number of sulfone groups is 1. The fourth-order valence-electron chi connectivity index (χ4n) is 1.83. The van der Waals surface area contributed by atoms with Gasteiger partial charge in [-0.2, -0.15) is 0 Å². The molecule has 0 aliphatic heterocycles. The molecule has 0 radical (unpaired) electrons. The maximum atomic E-state index is 11.9. The first-order valence-electron chi connectivity index (χ1n) is 6.96. The van der Waals surface area contributed by atoms with Crippen LogP contribution in [0.1, 0.15) is 44.6 Å². The van der Waals surface area contributed by atoms with Crippen molar-refractivity contribution < 1.29 is 12.8 Å². The zero-order chi connectivity index (χ0) is 13.9. The minimum absolute atomic E-state index is 0.0170. The lowest BCUT2D eigenvalue weighted by Gasteiger charge is -2.05. The molecule has 0 aromatic carbocycles. The Labute approximate surface area is 115 Å². The minimum Gasteiger partial charge on any atom is -0.464 e. The zero-order valence-electron chi connectivity index (χ0n) is 11.7. The molecular formula is C14H23NO3S. The fourth-order valence-corrected chi connectivity index (χ4v) is 3.39. The summed E-state index contributed by atoms with van der Waals surface area (Å²) in [5.41, 5.74) is 0. The van der Waals surface area contributed by atoms with Gasteiger partial charge in [0.15, 0.2) is 9.84 Å². The fraction of sp³-hybridized carbons (Fsp3) is 0.714. The van der Waals surface area contributed by atoms with E-state index >= 15 is 0 Å². The minimum atomic E-state index is -3.05. The van der Waals surface area contributed by atoms with Gasteiger partial charge in [0.25, 0.3) is 0 Å². The third kappa shape index (κ3) is 5.37. The predicted molar refractivity (Wildman–Crippen MR) is 75.5 cm³/mol. The molecule has 0 bridgehead atoms. The number of rotatable bonds is 8. The molecule has 0 spiro atoms. The van der Waals surface area contributed by atoms with Gasteiger partial charge in [-0.25, -0.2) is 8.42 Å². The first-order valence-corrected chi connectivity index (χ1v) is 8.78. The third-order valence-corrected chi connectivity index (χ3v) is 4.81. The Morgan fingerprint density at radius 1 is 1.32 bits per heavy atom. The van der Waals surface area contributed by atoms with Crippen LogP contribution in [0.25, 0.3) is 0 Å². The molecule has 0 unspecified atom stereocenters. The molecule has 108 valence electrons. The molecule has 0 atom stereocenters.